The second kappa shape index (κ2) is 7.53. The van der Waals surface area contributed by atoms with Crippen molar-refractivity contribution in [2.24, 2.45) is 7.05 Å². The van der Waals surface area contributed by atoms with Gasteiger partial charge in [0.1, 0.15) is 5.75 Å². The number of aryl methyl sites for hydroxylation is 1. The molecule has 0 bridgehead atoms. The molecule has 29 heavy (non-hydrogen) atoms. The minimum atomic E-state index is -3.59. The zero-order valence-electron chi connectivity index (χ0n) is 16.4. The quantitative estimate of drug-likeness (QED) is 0.658. The average molecular weight is 413 g/mol. The Kier molecular flexibility index (Phi) is 5.06. The topological polar surface area (TPSA) is 71.9 Å². The van der Waals surface area contributed by atoms with Gasteiger partial charge in [0.2, 0.25) is 10.0 Å². The molecule has 2 heterocycles. The van der Waals surface area contributed by atoms with Crippen molar-refractivity contribution in [1.82, 2.24) is 13.8 Å². The van der Waals surface area contributed by atoms with Gasteiger partial charge in [0.15, 0.2) is 0 Å². The van der Waals surface area contributed by atoms with Crippen molar-refractivity contribution >= 4 is 26.8 Å². The van der Waals surface area contributed by atoms with E-state index in [9.17, 15) is 13.2 Å². The molecule has 0 spiro atoms. The summed E-state index contributed by atoms with van der Waals surface area (Å²) in [4.78, 5) is 14.8. The third-order valence-corrected chi connectivity index (χ3v) is 7.27. The van der Waals surface area contributed by atoms with E-state index >= 15 is 0 Å². The summed E-state index contributed by atoms with van der Waals surface area (Å²) in [5, 5.41) is 1.08. The van der Waals surface area contributed by atoms with E-state index in [4.69, 9.17) is 4.74 Å². The molecule has 2 aromatic carbocycles. The minimum absolute atomic E-state index is 0.0744. The molecule has 3 aromatic rings. The predicted octanol–water partition coefficient (Wildman–Crippen LogP) is 2.33. The van der Waals surface area contributed by atoms with Crippen LogP contribution < -0.4 is 4.74 Å². The largest absolute Gasteiger partial charge is 0.497 e. The van der Waals surface area contributed by atoms with Gasteiger partial charge in [-0.1, -0.05) is 6.07 Å². The summed E-state index contributed by atoms with van der Waals surface area (Å²) in [6, 6.07) is 14.0. The third kappa shape index (κ3) is 3.61. The van der Waals surface area contributed by atoms with Crippen molar-refractivity contribution in [2.45, 2.75) is 4.90 Å². The first kappa shape index (κ1) is 19.5. The lowest BCUT2D eigenvalue weighted by Crippen LogP contribution is -2.50. The van der Waals surface area contributed by atoms with Crippen LogP contribution in [0, 0.1) is 0 Å². The summed E-state index contributed by atoms with van der Waals surface area (Å²) in [6.07, 6.45) is 1.96. The fourth-order valence-corrected chi connectivity index (χ4v) is 5.03. The standard InChI is InChI=1S/C21H23N3O4S/c1-22-10-9-16-3-4-17(15-20(16)22)21(25)23-11-13-24(14-12-23)29(26,27)19-7-5-18(28-2)6-8-19/h3-10,15H,11-14H2,1-2H3. The Balaban J connectivity index is 1.46. The maximum atomic E-state index is 12.9. The van der Waals surface area contributed by atoms with Crippen LogP contribution in [0.15, 0.2) is 59.6 Å². The maximum Gasteiger partial charge on any atom is 0.254 e. The smallest absolute Gasteiger partial charge is 0.254 e. The first-order valence-corrected chi connectivity index (χ1v) is 10.8. The summed E-state index contributed by atoms with van der Waals surface area (Å²) in [7, 11) is -0.110. The van der Waals surface area contributed by atoms with E-state index in [0.717, 1.165) is 10.9 Å². The molecule has 1 fully saturated rings. The van der Waals surface area contributed by atoms with E-state index in [2.05, 4.69) is 0 Å². The minimum Gasteiger partial charge on any atom is -0.497 e. The number of fused-ring (bicyclic) bond motifs is 1. The van der Waals surface area contributed by atoms with Gasteiger partial charge < -0.3 is 14.2 Å². The van der Waals surface area contributed by atoms with Crippen molar-refractivity contribution in [3.8, 4) is 5.75 Å². The molecule has 1 aliphatic rings. The second-order valence-corrected chi connectivity index (χ2v) is 9.01. The van der Waals surface area contributed by atoms with Gasteiger partial charge in [0.25, 0.3) is 5.91 Å². The number of benzene rings is 2. The van der Waals surface area contributed by atoms with Crippen LogP contribution in [0.3, 0.4) is 0 Å². The molecule has 4 rings (SSSR count). The third-order valence-electron chi connectivity index (χ3n) is 5.36. The molecular formula is C21H23N3O4S. The monoisotopic (exact) mass is 413 g/mol. The van der Waals surface area contributed by atoms with E-state index < -0.39 is 10.0 Å². The Morgan fingerprint density at radius 2 is 1.66 bits per heavy atom. The van der Waals surface area contributed by atoms with Crippen molar-refractivity contribution in [1.29, 1.82) is 0 Å². The van der Waals surface area contributed by atoms with Gasteiger partial charge in [-0.2, -0.15) is 4.31 Å². The summed E-state index contributed by atoms with van der Waals surface area (Å²) in [5.41, 5.74) is 1.61. The highest BCUT2D eigenvalue weighted by molar-refractivity contribution is 7.89. The van der Waals surface area contributed by atoms with Crippen LogP contribution in [0.4, 0.5) is 0 Å². The molecule has 0 N–H and O–H groups in total. The first-order chi connectivity index (χ1) is 13.9. The summed E-state index contributed by atoms with van der Waals surface area (Å²) >= 11 is 0. The highest BCUT2D eigenvalue weighted by Crippen LogP contribution is 2.22. The van der Waals surface area contributed by atoms with Crippen LogP contribution in [0.1, 0.15) is 10.4 Å². The summed E-state index contributed by atoms with van der Waals surface area (Å²) < 4.78 is 34.2. The van der Waals surface area contributed by atoms with E-state index in [1.54, 1.807) is 29.2 Å². The molecule has 0 aliphatic carbocycles. The molecule has 152 valence electrons. The molecule has 0 saturated carbocycles. The lowest BCUT2D eigenvalue weighted by atomic mass is 10.1. The number of sulfonamides is 1. The second-order valence-electron chi connectivity index (χ2n) is 7.07. The number of carbonyl (C=O) groups is 1. The number of nitrogens with zero attached hydrogens (tertiary/aromatic N) is 3. The van der Waals surface area contributed by atoms with Crippen molar-refractivity contribution in [3.63, 3.8) is 0 Å². The predicted molar refractivity (Wildman–Crippen MR) is 111 cm³/mol. The van der Waals surface area contributed by atoms with Gasteiger partial charge in [0.05, 0.1) is 12.0 Å². The Hall–Kier alpha value is -2.84. The highest BCUT2D eigenvalue weighted by atomic mass is 32.2. The molecule has 7 nitrogen and oxygen atoms in total. The van der Waals surface area contributed by atoms with Gasteiger partial charge in [-0.15, -0.1) is 0 Å². The number of methoxy groups -OCH3 is 1. The SMILES string of the molecule is COc1ccc(S(=O)(=O)N2CCN(C(=O)c3ccc4ccn(C)c4c3)CC2)cc1. The summed E-state index contributed by atoms with van der Waals surface area (Å²) in [6.45, 7) is 1.26. The molecule has 1 amide bonds. The lowest BCUT2D eigenvalue weighted by molar-refractivity contribution is 0.0698. The Labute approximate surface area is 170 Å². The van der Waals surface area contributed by atoms with Crippen molar-refractivity contribution in [2.75, 3.05) is 33.3 Å². The van der Waals surface area contributed by atoms with Gasteiger partial charge >= 0.3 is 0 Å². The van der Waals surface area contributed by atoms with E-state index in [1.807, 2.05) is 42.1 Å². The Bertz CT molecular complexity index is 1140. The fourth-order valence-electron chi connectivity index (χ4n) is 3.61. The number of amides is 1. The average Bonchev–Trinajstić information content (AvgIpc) is 3.13. The first-order valence-electron chi connectivity index (χ1n) is 9.39. The number of rotatable bonds is 4. The van der Waals surface area contributed by atoms with E-state index in [0.29, 0.717) is 24.4 Å². The van der Waals surface area contributed by atoms with Crippen molar-refractivity contribution in [3.05, 3.63) is 60.3 Å². The van der Waals surface area contributed by atoms with Gasteiger partial charge in [0, 0.05) is 50.5 Å². The van der Waals surface area contributed by atoms with Gasteiger partial charge in [-0.25, -0.2) is 8.42 Å². The van der Waals surface area contributed by atoms with Crippen LogP contribution in [0.5, 0.6) is 5.75 Å². The molecular weight excluding hydrogens is 390 g/mol. The number of hydrogen-bond donors (Lipinski definition) is 0. The fraction of sp³-hybridized carbons (Fsp3) is 0.286. The number of aromatic nitrogens is 1. The lowest BCUT2D eigenvalue weighted by Gasteiger charge is -2.34. The Morgan fingerprint density at radius 3 is 2.31 bits per heavy atom. The van der Waals surface area contributed by atoms with Crippen molar-refractivity contribution < 1.29 is 17.9 Å². The molecule has 0 radical (unpaired) electrons. The van der Waals surface area contributed by atoms with Gasteiger partial charge in [-0.3, -0.25) is 4.79 Å². The van der Waals surface area contributed by atoms with Crippen LogP contribution in [-0.2, 0) is 17.1 Å². The van der Waals surface area contributed by atoms with Gasteiger partial charge in [-0.05, 0) is 47.9 Å². The Morgan fingerprint density at radius 1 is 0.966 bits per heavy atom. The van der Waals surface area contributed by atoms with Crippen LogP contribution >= 0.6 is 0 Å². The normalized spacial score (nSPS) is 15.6. The maximum absolute atomic E-state index is 12.9. The molecule has 1 aromatic heterocycles. The molecule has 1 aliphatic heterocycles. The van der Waals surface area contributed by atoms with Crippen LogP contribution in [0.2, 0.25) is 0 Å². The zero-order chi connectivity index (χ0) is 20.6. The molecule has 0 unspecified atom stereocenters. The summed E-state index contributed by atoms with van der Waals surface area (Å²) in [5.74, 6) is 0.532. The highest BCUT2D eigenvalue weighted by Gasteiger charge is 2.30. The zero-order valence-corrected chi connectivity index (χ0v) is 17.2. The molecule has 8 heteroatoms. The number of piperazine rings is 1. The van der Waals surface area contributed by atoms with Crippen LogP contribution in [0.25, 0.3) is 10.9 Å². The molecule has 0 atom stereocenters. The van der Waals surface area contributed by atoms with E-state index in [-0.39, 0.29) is 23.9 Å². The van der Waals surface area contributed by atoms with Crippen LogP contribution in [-0.4, -0.2) is 61.4 Å². The molecule has 1 saturated heterocycles. The number of ether oxygens (including phenoxy) is 1. The number of carbonyl (C=O) groups excluding carboxylic acids is 1. The van der Waals surface area contributed by atoms with E-state index in [1.165, 1.54) is 11.4 Å². The number of hydrogen-bond acceptors (Lipinski definition) is 4.